The minimum Gasteiger partial charge on any atom is -0.397 e. The van der Waals surface area contributed by atoms with Crippen LogP contribution in [0.4, 0.5) is 11.4 Å². The molecule has 0 bridgehead atoms. The quantitative estimate of drug-likeness (QED) is 0.816. The summed E-state index contributed by atoms with van der Waals surface area (Å²) in [5, 5.41) is 6.02. The van der Waals surface area contributed by atoms with Gasteiger partial charge in [-0.3, -0.25) is 0 Å². The highest BCUT2D eigenvalue weighted by Crippen LogP contribution is 2.27. The van der Waals surface area contributed by atoms with Gasteiger partial charge in [0.25, 0.3) is 0 Å². The maximum absolute atomic E-state index is 6.05. The smallest absolute Gasteiger partial charge is 0.0763 e. The Bertz CT molecular complexity index is 434. The van der Waals surface area contributed by atoms with E-state index in [4.69, 9.17) is 17.3 Å². The maximum atomic E-state index is 6.05. The number of anilines is 2. The highest BCUT2D eigenvalue weighted by Gasteiger charge is 2.03. The van der Waals surface area contributed by atoms with Crippen LogP contribution in [0.5, 0.6) is 0 Å². The van der Waals surface area contributed by atoms with Crippen molar-refractivity contribution in [3.8, 4) is 0 Å². The van der Waals surface area contributed by atoms with Gasteiger partial charge < -0.3 is 11.1 Å². The second-order valence-electron chi connectivity index (χ2n) is 3.46. The summed E-state index contributed by atoms with van der Waals surface area (Å²) in [6, 6.07) is 9.72. The number of hydrogen-bond donors (Lipinski definition) is 2. The van der Waals surface area contributed by atoms with Crippen LogP contribution >= 0.6 is 22.9 Å². The zero-order valence-corrected chi connectivity index (χ0v) is 10.3. The third-order valence-corrected chi connectivity index (χ3v) is 3.55. The van der Waals surface area contributed by atoms with E-state index in [-0.39, 0.29) is 0 Å². The Morgan fingerprint density at radius 3 is 2.81 bits per heavy atom. The fraction of sp³-hybridized carbons (Fsp3) is 0.167. The number of hydrogen-bond acceptors (Lipinski definition) is 3. The SMILES string of the molecule is Nc1cccc(Cl)c1NCCc1cccs1. The van der Waals surface area contributed by atoms with Gasteiger partial charge in [-0.05, 0) is 30.0 Å². The zero-order chi connectivity index (χ0) is 11.4. The molecule has 0 radical (unpaired) electrons. The fourth-order valence-corrected chi connectivity index (χ4v) is 2.45. The molecule has 4 heteroatoms. The van der Waals surface area contributed by atoms with Crippen LogP contribution in [0, 0.1) is 0 Å². The van der Waals surface area contributed by atoms with Gasteiger partial charge in [0.15, 0.2) is 0 Å². The van der Waals surface area contributed by atoms with Crippen LogP contribution in [0.3, 0.4) is 0 Å². The number of nitrogens with two attached hydrogens (primary N) is 1. The third-order valence-electron chi connectivity index (χ3n) is 2.30. The second kappa shape index (κ2) is 5.23. The van der Waals surface area contributed by atoms with E-state index in [2.05, 4.69) is 22.8 Å². The molecule has 0 aliphatic rings. The van der Waals surface area contributed by atoms with Gasteiger partial charge in [-0.1, -0.05) is 23.7 Å². The predicted octanol–water partition coefficient (Wildman–Crippen LogP) is 3.64. The first-order valence-electron chi connectivity index (χ1n) is 5.07. The van der Waals surface area contributed by atoms with Gasteiger partial charge in [0.2, 0.25) is 0 Å². The van der Waals surface area contributed by atoms with Crippen LogP contribution in [-0.2, 0) is 6.42 Å². The molecule has 0 aliphatic carbocycles. The van der Waals surface area contributed by atoms with Crippen LogP contribution in [0.1, 0.15) is 4.88 Å². The Hall–Kier alpha value is -1.19. The van der Waals surface area contributed by atoms with Gasteiger partial charge in [-0.15, -0.1) is 11.3 Å². The first-order chi connectivity index (χ1) is 7.77. The topological polar surface area (TPSA) is 38.0 Å². The van der Waals surface area contributed by atoms with Gasteiger partial charge in [0, 0.05) is 11.4 Å². The minimum absolute atomic E-state index is 0.672. The lowest BCUT2D eigenvalue weighted by Crippen LogP contribution is -2.06. The van der Waals surface area contributed by atoms with Crippen molar-refractivity contribution in [3.05, 3.63) is 45.6 Å². The van der Waals surface area contributed by atoms with Crippen LogP contribution in [0.15, 0.2) is 35.7 Å². The normalized spacial score (nSPS) is 10.3. The maximum Gasteiger partial charge on any atom is 0.0763 e. The number of halogens is 1. The van der Waals surface area contributed by atoms with E-state index in [1.54, 1.807) is 11.3 Å². The van der Waals surface area contributed by atoms with E-state index in [1.165, 1.54) is 4.88 Å². The number of rotatable bonds is 4. The standard InChI is InChI=1S/C12H13ClN2S/c13-10-4-1-5-11(14)12(10)15-7-6-9-3-2-8-16-9/h1-5,8,15H,6-7,14H2. The molecule has 1 aromatic carbocycles. The summed E-state index contributed by atoms with van der Waals surface area (Å²) < 4.78 is 0. The van der Waals surface area contributed by atoms with Crippen molar-refractivity contribution in [2.75, 3.05) is 17.6 Å². The summed E-state index contributed by atoms with van der Waals surface area (Å²) in [7, 11) is 0. The Morgan fingerprint density at radius 2 is 2.12 bits per heavy atom. The summed E-state index contributed by atoms with van der Waals surface area (Å²) in [5.74, 6) is 0. The summed E-state index contributed by atoms with van der Waals surface area (Å²) in [6.45, 7) is 0.842. The molecule has 3 N–H and O–H groups in total. The lowest BCUT2D eigenvalue weighted by atomic mass is 10.2. The number of thiophene rings is 1. The lowest BCUT2D eigenvalue weighted by molar-refractivity contribution is 1.05. The van der Waals surface area contributed by atoms with Crippen molar-refractivity contribution in [3.63, 3.8) is 0 Å². The number of nitrogens with one attached hydrogen (secondary N) is 1. The lowest BCUT2D eigenvalue weighted by Gasteiger charge is -2.10. The van der Waals surface area contributed by atoms with Gasteiger partial charge in [-0.25, -0.2) is 0 Å². The van der Waals surface area contributed by atoms with Crippen molar-refractivity contribution >= 4 is 34.3 Å². The first kappa shape index (κ1) is 11.3. The van der Waals surface area contributed by atoms with Gasteiger partial charge in [0.05, 0.1) is 16.4 Å². The molecule has 0 unspecified atom stereocenters. The molecule has 2 rings (SSSR count). The molecule has 2 aromatic rings. The van der Waals surface area contributed by atoms with E-state index >= 15 is 0 Å². The van der Waals surface area contributed by atoms with Crippen molar-refractivity contribution in [2.24, 2.45) is 0 Å². The van der Waals surface area contributed by atoms with Crippen molar-refractivity contribution < 1.29 is 0 Å². The number of para-hydroxylation sites is 1. The summed E-state index contributed by atoms with van der Waals surface area (Å²) in [4.78, 5) is 1.36. The van der Waals surface area contributed by atoms with E-state index in [9.17, 15) is 0 Å². The Balaban J connectivity index is 1.95. The molecule has 84 valence electrons. The average Bonchev–Trinajstić information content (AvgIpc) is 2.75. The van der Waals surface area contributed by atoms with Gasteiger partial charge in [0.1, 0.15) is 0 Å². The molecule has 2 nitrogen and oxygen atoms in total. The molecule has 16 heavy (non-hydrogen) atoms. The molecule has 0 aliphatic heterocycles. The average molecular weight is 253 g/mol. The third kappa shape index (κ3) is 2.68. The summed E-state index contributed by atoms with van der Waals surface area (Å²) in [5.41, 5.74) is 7.36. The van der Waals surface area contributed by atoms with Crippen LogP contribution in [-0.4, -0.2) is 6.54 Å². The predicted molar refractivity (Wildman–Crippen MR) is 72.4 cm³/mol. The highest BCUT2D eigenvalue weighted by atomic mass is 35.5. The van der Waals surface area contributed by atoms with E-state index in [0.717, 1.165) is 18.7 Å². The molecular weight excluding hydrogens is 240 g/mol. The molecule has 0 amide bonds. The van der Waals surface area contributed by atoms with Crippen LogP contribution in [0.2, 0.25) is 5.02 Å². The fourth-order valence-electron chi connectivity index (χ4n) is 1.49. The molecule has 1 aromatic heterocycles. The molecule has 0 fully saturated rings. The number of benzene rings is 1. The minimum atomic E-state index is 0.672. The number of nitrogen functional groups attached to an aromatic ring is 1. The largest absolute Gasteiger partial charge is 0.397 e. The van der Waals surface area contributed by atoms with Gasteiger partial charge >= 0.3 is 0 Å². The first-order valence-corrected chi connectivity index (χ1v) is 6.33. The van der Waals surface area contributed by atoms with Crippen molar-refractivity contribution in [1.29, 1.82) is 0 Å². The highest BCUT2D eigenvalue weighted by molar-refractivity contribution is 7.09. The molecule has 0 saturated carbocycles. The molecule has 0 spiro atoms. The van der Waals surface area contributed by atoms with Crippen molar-refractivity contribution in [1.82, 2.24) is 0 Å². The molecule has 1 heterocycles. The second-order valence-corrected chi connectivity index (χ2v) is 4.90. The van der Waals surface area contributed by atoms with Gasteiger partial charge in [-0.2, -0.15) is 0 Å². The van der Waals surface area contributed by atoms with Crippen LogP contribution < -0.4 is 11.1 Å². The molecule has 0 saturated heterocycles. The Morgan fingerprint density at radius 1 is 1.25 bits per heavy atom. The van der Waals surface area contributed by atoms with Crippen molar-refractivity contribution in [2.45, 2.75) is 6.42 Å². The summed E-state index contributed by atoms with van der Waals surface area (Å²) in [6.07, 6.45) is 0.988. The zero-order valence-electron chi connectivity index (χ0n) is 8.74. The van der Waals surface area contributed by atoms with E-state index < -0.39 is 0 Å². The Labute approximate surface area is 104 Å². The Kier molecular flexibility index (Phi) is 3.70. The van der Waals surface area contributed by atoms with E-state index in [0.29, 0.717) is 10.7 Å². The monoisotopic (exact) mass is 252 g/mol. The van der Waals surface area contributed by atoms with E-state index in [1.807, 2.05) is 18.2 Å². The van der Waals surface area contributed by atoms with Crippen LogP contribution in [0.25, 0.3) is 0 Å². The molecular formula is C12H13ClN2S. The molecule has 0 atom stereocenters. The summed E-state index contributed by atoms with van der Waals surface area (Å²) >= 11 is 7.81.